The average Bonchev–Trinajstić information content (AvgIpc) is 2.74. The Morgan fingerprint density at radius 3 is 3.15 bits per heavy atom. The first-order chi connectivity index (χ1) is 9.67. The van der Waals surface area contributed by atoms with Gasteiger partial charge in [0.1, 0.15) is 0 Å². The van der Waals surface area contributed by atoms with Gasteiger partial charge in [-0.2, -0.15) is 5.10 Å². The van der Waals surface area contributed by atoms with Crippen LogP contribution >= 0.6 is 0 Å². The highest BCUT2D eigenvalue weighted by Crippen LogP contribution is 2.23. The van der Waals surface area contributed by atoms with Crippen LogP contribution in [0.1, 0.15) is 31.9 Å². The quantitative estimate of drug-likeness (QED) is 0.935. The number of nitrogens with one attached hydrogen (secondary N) is 1. The molecule has 108 valence electrons. The van der Waals surface area contributed by atoms with Crippen LogP contribution in [0.5, 0.6) is 0 Å². The molecule has 0 spiro atoms. The largest absolute Gasteiger partial charge is 0.381 e. The monoisotopic (exact) mass is 274 g/mol. The summed E-state index contributed by atoms with van der Waals surface area (Å²) in [7, 11) is 1.93. The Morgan fingerprint density at radius 2 is 2.35 bits per heavy atom. The fourth-order valence-electron chi connectivity index (χ4n) is 2.92. The van der Waals surface area contributed by atoms with Crippen LogP contribution in [-0.2, 0) is 11.8 Å². The first-order valence-corrected chi connectivity index (χ1v) is 7.35. The van der Waals surface area contributed by atoms with E-state index < -0.39 is 0 Å². The third-order valence-electron chi connectivity index (χ3n) is 4.06. The smallest absolute Gasteiger partial charge is 0.157 e. The minimum atomic E-state index is 0.387. The topological polar surface area (TPSA) is 52.0 Å². The van der Waals surface area contributed by atoms with Gasteiger partial charge >= 0.3 is 0 Å². The Hall–Kier alpha value is -1.62. The maximum absolute atomic E-state index is 5.72. The molecule has 3 heterocycles. The Morgan fingerprint density at radius 1 is 1.50 bits per heavy atom. The Labute approximate surface area is 119 Å². The maximum atomic E-state index is 5.72. The summed E-state index contributed by atoms with van der Waals surface area (Å²) >= 11 is 0. The molecule has 0 aromatic carbocycles. The maximum Gasteiger partial charge on any atom is 0.157 e. The lowest BCUT2D eigenvalue weighted by Crippen LogP contribution is -2.33. The molecular weight excluding hydrogens is 252 g/mol. The van der Waals surface area contributed by atoms with Gasteiger partial charge in [-0.3, -0.25) is 4.68 Å². The summed E-state index contributed by atoms with van der Waals surface area (Å²) in [6.45, 7) is 5.05. The molecule has 1 saturated heterocycles. The van der Waals surface area contributed by atoms with Crippen molar-refractivity contribution in [3.8, 4) is 0 Å². The predicted octanol–water partition coefficient (Wildman–Crippen LogP) is 2.65. The van der Waals surface area contributed by atoms with Gasteiger partial charge in [0, 0.05) is 25.1 Å². The van der Waals surface area contributed by atoms with Crippen molar-refractivity contribution in [2.45, 2.75) is 45.3 Å². The molecule has 0 radical (unpaired) electrons. The van der Waals surface area contributed by atoms with Crippen LogP contribution in [0, 0.1) is 6.92 Å². The molecule has 1 fully saturated rings. The molecule has 1 aliphatic rings. The zero-order chi connectivity index (χ0) is 14.1. The highest BCUT2D eigenvalue weighted by molar-refractivity contribution is 5.81. The van der Waals surface area contributed by atoms with Crippen LogP contribution in [0.2, 0.25) is 0 Å². The second-order valence-corrected chi connectivity index (χ2v) is 5.57. The number of aryl methyl sites for hydroxylation is 2. The second kappa shape index (κ2) is 5.40. The van der Waals surface area contributed by atoms with Gasteiger partial charge in [-0.15, -0.1) is 0 Å². The van der Waals surface area contributed by atoms with Crippen molar-refractivity contribution >= 4 is 16.7 Å². The minimum absolute atomic E-state index is 0.387. The minimum Gasteiger partial charge on any atom is -0.381 e. The van der Waals surface area contributed by atoms with Crippen LogP contribution in [-0.4, -0.2) is 33.5 Å². The lowest BCUT2D eigenvalue weighted by molar-refractivity contribution is 0.00925. The van der Waals surface area contributed by atoms with Crippen LogP contribution < -0.4 is 5.32 Å². The highest BCUT2D eigenvalue weighted by Gasteiger charge is 2.21. The van der Waals surface area contributed by atoms with Gasteiger partial charge in [-0.05, 0) is 32.3 Å². The van der Waals surface area contributed by atoms with Crippen molar-refractivity contribution in [3.05, 3.63) is 18.0 Å². The zero-order valence-corrected chi connectivity index (χ0v) is 12.4. The van der Waals surface area contributed by atoms with Crippen molar-refractivity contribution in [2.75, 3.05) is 11.9 Å². The average molecular weight is 274 g/mol. The fourth-order valence-corrected chi connectivity index (χ4v) is 2.92. The van der Waals surface area contributed by atoms with E-state index >= 15 is 0 Å². The van der Waals surface area contributed by atoms with Crippen molar-refractivity contribution in [1.29, 1.82) is 0 Å². The van der Waals surface area contributed by atoms with Crippen LogP contribution in [0.3, 0.4) is 0 Å². The summed E-state index contributed by atoms with van der Waals surface area (Å²) in [6, 6.07) is 2.63. The molecule has 0 aliphatic carbocycles. The number of aromatic nitrogens is 3. The van der Waals surface area contributed by atoms with Crippen LogP contribution in [0.15, 0.2) is 12.3 Å². The molecule has 3 rings (SSSR count). The molecule has 5 nitrogen and oxygen atoms in total. The van der Waals surface area contributed by atoms with E-state index in [0.717, 1.165) is 48.3 Å². The molecule has 5 heteroatoms. The summed E-state index contributed by atoms with van der Waals surface area (Å²) in [5.74, 6) is 0. The molecule has 0 saturated carbocycles. The SMILES string of the molecule is CCC1CC(Nc2cnc3c(c2)c(C)nn3C)CCO1. The normalized spacial score (nSPS) is 23.1. The number of hydrogen-bond donors (Lipinski definition) is 1. The number of pyridine rings is 1. The second-order valence-electron chi connectivity index (χ2n) is 5.57. The summed E-state index contributed by atoms with van der Waals surface area (Å²) in [5, 5.41) is 9.13. The number of anilines is 1. The van der Waals surface area contributed by atoms with Gasteiger partial charge in [0.05, 0.1) is 23.7 Å². The first-order valence-electron chi connectivity index (χ1n) is 7.35. The molecule has 2 unspecified atom stereocenters. The van der Waals surface area contributed by atoms with Gasteiger partial charge in [0.15, 0.2) is 5.65 Å². The van der Waals surface area contributed by atoms with Crippen molar-refractivity contribution < 1.29 is 4.74 Å². The molecule has 2 aromatic rings. The molecule has 1 aliphatic heterocycles. The highest BCUT2D eigenvalue weighted by atomic mass is 16.5. The van der Waals surface area contributed by atoms with E-state index in [-0.39, 0.29) is 0 Å². The Bertz CT molecular complexity index is 607. The molecule has 0 amide bonds. The van der Waals surface area contributed by atoms with Crippen LogP contribution in [0.25, 0.3) is 11.0 Å². The molecular formula is C15H22N4O. The number of fused-ring (bicyclic) bond motifs is 1. The summed E-state index contributed by atoms with van der Waals surface area (Å²) < 4.78 is 7.55. The van der Waals surface area contributed by atoms with Gasteiger partial charge < -0.3 is 10.1 Å². The number of ether oxygens (including phenoxy) is 1. The van der Waals surface area contributed by atoms with Crippen LogP contribution in [0.4, 0.5) is 5.69 Å². The first kappa shape index (κ1) is 13.4. The number of rotatable bonds is 3. The van der Waals surface area contributed by atoms with Gasteiger partial charge in [-0.1, -0.05) is 6.92 Å². The van der Waals surface area contributed by atoms with E-state index in [2.05, 4.69) is 28.4 Å². The summed E-state index contributed by atoms with van der Waals surface area (Å²) in [5.41, 5.74) is 3.04. The third-order valence-corrected chi connectivity index (χ3v) is 4.06. The van der Waals surface area contributed by atoms with Crippen molar-refractivity contribution in [3.63, 3.8) is 0 Å². The van der Waals surface area contributed by atoms with E-state index in [1.165, 1.54) is 0 Å². The molecule has 2 aromatic heterocycles. The van der Waals surface area contributed by atoms with E-state index in [9.17, 15) is 0 Å². The van der Waals surface area contributed by atoms with Gasteiger partial charge in [0.25, 0.3) is 0 Å². The van der Waals surface area contributed by atoms with Gasteiger partial charge in [-0.25, -0.2) is 4.98 Å². The number of hydrogen-bond acceptors (Lipinski definition) is 4. The molecule has 2 atom stereocenters. The van der Waals surface area contributed by atoms with E-state index in [0.29, 0.717) is 12.1 Å². The molecule has 0 bridgehead atoms. The summed E-state index contributed by atoms with van der Waals surface area (Å²) in [6.07, 6.45) is 5.50. The zero-order valence-electron chi connectivity index (χ0n) is 12.4. The predicted molar refractivity (Wildman–Crippen MR) is 79.9 cm³/mol. The van der Waals surface area contributed by atoms with Crippen molar-refractivity contribution in [1.82, 2.24) is 14.8 Å². The van der Waals surface area contributed by atoms with Crippen molar-refractivity contribution in [2.24, 2.45) is 7.05 Å². The lowest BCUT2D eigenvalue weighted by atomic mass is 10.0. The summed E-state index contributed by atoms with van der Waals surface area (Å²) in [4.78, 5) is 4.51. The molecule has 20 heavy (non-hydrogen) atoms. The lowest BCUT2D eigenvalue weighted by Gasteiger charge is -2.30. The third kappa shape index (κ3) is 2.50. The van der Waals surface area contributed by atoms with E-state index in [1.807, 2.05) is 24.9 Å². The fraction of sp³-hybridized carbons (Fsp3) is 0.600. The number of nitrogens with zero attached hydrogens (tertiary/aromatic N) is 3. The van der Waals surface area contributed by atoms with E-state index in [4.69, 9.17) is 4.74 Å². The molecule has 1 N–H and O–H groups in total. The van der Waals surface area contributed by atoms with Gasteiger partial charge in [0.2, 0.25) is 0 Å². The Balaban J connectivity index is 1.79. The standard InChI is InChI=1S/C15H22N4O/c1-4-13-7-11(5-6-20-13)17-12-8-14-10(2)18-19(3)15(14)16-9-12/h8-9,11,13,17H,4-7H2,1-3H3. The Kier molecular flexibility index (Phi) is 3.61. The van der Waals surface area contributed by atoms with E-state index in [1.54, 1.807) is 0 Å².